The van der Waals surface area contributed by atoms with Crippen molar-refractivity contribution in [2.75, 3.05) is 26.4 Å². The van der Waals surface area contributed by atoms with E-state index in [2.05, 4.69) is 49.6 Å². The standard InChI is InChI=1S/C43H75O11P/c1-4-5-6-7-8-9-10-11-14-17-20-23-26-30-39(45)31-28-33-43(48)54-41(37-53-55(49,50)52-35-40(46)34-44)36-51-42(47)32-27-24-21-18-15-12-13-16-19-22-25-29-38(2)3/h8-9,11,14,20,23,26,30,38,40-41,44,46H,4-7,10,12-13,15-19,21-22,24-25,27-29,31-37H2,1-3H3,(H,49,50)/b9-8-,14-11-,23-20-,30-26+/t40-,41+/m0/s1. The average Bonchev–Trinajstić information content (AvgIpc) is 3.15. The Kier molecular flexibility index (Phi) is 35.6. The fraction of sp³-hybridized carbons (Fsp3) is 0.744. The first-order chi connectivity index (χ1) is 26.5. The summed E-state index contributed by atoms with van der Waals surface area (Å²) in [5, 5.41) is 18.3. The van der Waals surface area contributed by atoms with Gasteiger partial charge in [-0.1, -0.05) is 147 Å². The van der Waals surface area contributed by atoms with E-state index in [0.717, 1.165) is 44.4 Å². The molecule has 0 amide bonds. The molecule has 11 nitrogen and oxygen atoms in total. The Balaban J connectivity index is 4.53. The first-order valence-electron chi connectivity index (χ1n) is 20.9. The normalized spacial score (nSPS) is 14.4. The molecule has 0 saturated carbocycles. The van der Waals surface area contributed by atoms with Gasteiger partial charge in [0.05, 0.1) is 19.8 Å². The van der Waals surface area contributed by atoms with Crippen LogP contribution >= 0.6 is 7.82 Å². The third kappa shape index (κ3) is 38.3. The zero-order valence-corrected chi connectivity index (χ0v) is 35.2. The lowest BCUT2D eigenvalue weighted by atomic mass is 10.0. The number of hydrogen-bond donors (Lipinski definition) is 3. The van der Waals surface area contributed by atoms with Crippen molar-refractivity contribution < 1.29 is 52.6 Å². The van der Waals surface area contributed by atoms with Gasteiger partial charge in [-0.2, -0.15) is 0 Å². The fourth-order valence-corrected chi connectivity index (χ4v) is 6.16. The lowest BCUT2D eigenvalue weighted by Gasteiger charge is -2.20. The molecule has 0 aromatic carbocycles. The Morgan fingerprint density at radius 1 is 0.655 bits per heavy atom. The van der Waals surface area contributed by atoms with Crippen molar-refractivity contribution in [2.24, 2.45) is 5.92 Å². The van der Waals surface area contributed by atoms with Crippen molar-refractivity contribution in [3.63, 3.8) is 0 Å². The number of aliphatic hydroxyl groups excluding tert-OH is 2. The van der Waals surface area contributed by atoms with Crippen LogP contribution in [0, 0.1) is 5.92 Å². The predicted octanol–water partition coefficient (Wildman–Crippen LogP) is 9.98. The van der Waals surface area contributed by atoms with E-state index in [0.29, 0.717) is 6.42 Å². The summed E-state index contributed by atoms with van der Waals surface area (Å²) in [6.45, 7) is 4.37. The molecule has 0 saturated heterocycles. The summed E-state index contributed by atoms with van der Waals surface area (Å²) in [6, 6.07) is 0. The number of hydrogen-bond acceptors (Lipinski definition) is 10. The SMILES string of the molecule is CCCCC/C=C\C/C=C\C/C=C\C=C\C(=O)CCCC(=O)O[C@H](COC(=O)CCCCCCCCCCCCCC(C)C)COP(=O)(O)OC[C@@H](O)CO. The average molecular weight is 799 g/mol. The van der Waals surface area contributed by atoms with Crippen LogP contribution in [0.3, 0.4) is 0 Å². The van der Waals surface area contributed by atoms with E-state index >= 15 is 0 Å². The lowest BCUT2D eigenvalue weighted by molar-refractivity contribution is -0.161. The molecule has 0 aliphatic carbocycles. The first-order valence-corrected chi connectivity index (χ1v) is 22.4. The zero-order chi connectivity index (χ0) is 40.8. The Hall–Kier alpha value is -2.40. The number of ketones is 1. The van der Waals surface area contributed by atoms with E-state index in [1.54, 1.807) is 12.2 Å². The van der Waals surface area contributed by atoms with Crippen molar-refractivity contribution in [3.05, 3.63) is 48.6 Å². The largest absolute Gasteiger partial charge is 0.472 e. The van der Waals surface area contributed by atoms with Gasteiger partial charge in [-0.15, -0.1) is 0 Å². The van der Waals surface area contributed by atoms with E-state index in [1.807, 2.05) is 6.08 Å². The summed E-state index contributed by atoms with van der Waals surface area (Å²) < 4.78 is 32.4. The van der Waals surface area contributed by atoms with Gasteiger partial charge < -0.3 is 24.6 Å². The van der Waals surface area contributed by atoms with Crippen LogP contribution in [0.25, 0.3) is 0 Å². The molecule has 3 N–H and O–H groups in total. The van der Waals surface area contributed by atoms with Gasteiger partial charge in [0.15, 0.2) is 11.9 Å². The predicted molar refractivity (Wildman–Crippen MR) is 219 cm³/mol. The number of unbranched alkanes of at least 4 members (excludes halogenated alkanes) is 13. The molecular weight excluding hydrogens is 723 g/mol. The number of ether oxygens (including phenoxy) is 2. The summed E-state index contributed by atoms with van der Waals surface area (Å²) in [7, 11) is -4.68. The monoisotopic (exact) mass is 799 g/mol. The Morgan fingerprint density at radius 3 is 1.87 bits per heavy atom. The molecule has 0 aliphatic rings. The Bertz CT molecular complexity index is 1130. The molecular formula is C43H75O11P. The number of allylic oxidation sites excluding steroid dienone is 8. The van der Waals surface area contributed by atoms with Gasteiger partial charge in [0.1, 0.15) is 12.7 Å². The topological polar surface area (TPSA) is 166 Å². The van der Waals surface area contributed by atoms with E-state index in [1.165, 1.54) is 76.7 Å². The van der Waals surface area contributed by atoms with Crippen molar-refractivity contribution in [2.45, 2.75) is 174 Å². The number of phosphoric ester groups is 1. The minimum absolute atomic E-state index is 0.105. The fourth-order valence-electron chi connectivity index (χ4n) is 5.37. The van der Waals surface area contributed by atoms with Crippen LogP contribution in [0.5, 0.6) is 0 Å². The molecule has 12 heteroatoms. The van der Waals surface area contributed by atoms with Gasteiger partial charge in [-0.3, -0.25) is 23.4 Å². The summed E-state index contributed by atoms with van der Waals surface area (Å²) in [4.78, 5) is 47.1. The van der Waals surface area contributed by atoms with E-state index in [-0.39, 0.29) is 31.5 Å². The zero-order valence-electron chi connectivity index (χ0n) is 34.3. The van der Waals surface area contributed by atoms with Crippen molar-refractivity contribution >= 4 is 25.5 Å². The lowest BCUT2D eigenvalue weighted by Crippen LogP contribution is -2.30. The molecule has 0 radical (unpaired) electrons. The van der Waals surface area contributed by atoms with Gasteiger partial charge in [-0.25, -0.2) is 4.57 Å². The van der Waals surface area contributed by atoms with Gasteiger partial charge >= 0.3 is 19.8 Å². The van der Waals surface area contributed by atoms with Crippen molar-refractivity contribution in [3.8, 4) is 0 Å². The van der Waals surface area contributed by atoms with Gasteiger partial charge in [-0.05, 0) is 50.5 Å². The molecule has 0 spiro atoms. The number of carbonyl (C=O) groups is 3. The molecule has 55 heavy (non-hydrogen) atoms. The van der Waals surface area contributed by atoms with Crippen LogP contribution in [0.15, 0.2) is 48.6 Å². The summed E-state index contributed by atoms with van der Waals surface area (Å²) >= 11 is 0. The van der Waals surface area contributed by atoms with Crippen LogP contribution < -0.4 is 0 Å². The number of phosphoric acid groups is 1. The van der Waals surface area contributed by atoms with E-state index in [4.69, 9.17) is 19.1 Å². The summed E-state index contributed by atoms with van der Waals surface area (Å²) in [5.74, 6) is -0.544. The quantitative estimate of drug-likeness (QED) is 0.0136. The van der Waals surface area contributed by atoms with Gasteiger partial charge in [0.2, 0.25) is 0 Å². The van der Waals surface area contributed by atoms with E-state index < -0.39 is 58.4 Å². The van der Waals surface area contributed by atoms with Gasteiger partial charge in [0, 0.05) is 19.3 Å². The molecule has 0 aromatic heterocycles. The molecule has 0 heterocycles. The van der Waals surface area contributed by atoms with Crippen LogP contribution in [-0.2, 0) is 37.5 Å². The number of aliphatic hydroxyl groups is 2. The highest BCUT2D eigenvalue weighted by Crippen LogP contribution is 2.43. The van der Waals surface area contributed by atoms with Crippen LogP contribution in [0.1, 0.15) is 162 Å². The van der Waals surface area contributed by atoms with E-state index in [9.17, 15) is 28.9 Å². The highest BCUT2D eigenvalue weighted by atomic mass is 31.2. The smallest absolute Gasteiger partial charge is 0.462 e. The Morgan fingerprint density at radius 2 is 1.24 bits per heavy atom. The maximum atomic E-state index is 12.6. The van der Waals surface area contributed by atoms with Crippen molar-refractivity contribution in [1.29, 1.82) is 0 Å². The summed E-state index contributed by atoms with van der Waals surface area (Å²) in [5.41, 5.74) is 0. The third-order valence-electron chi connectivity index (χ3n) is 8.64. The second-order valence-electron chi connectivity index (χ2n) is 14.5. The van der Waals surface area contributed by atoms with Crippen LogP contribution in [0.2, 0.25) is 0 Å². The maximum absolute atomic E-state index is 12.6. The van der Waals surface area contributed by atoms with Gasteiger partial charge in [0.25, 0.3) is 0 Å². The number of esters is 2. The van der Waals surface area contributed by atoms with Crippen LogP contribution in [-0.4, -0.2) is 71.5 Å². The molecule has 0 bridgehead atoms. The molecule has 0 aromatic rings. The molecule has 0 fully saturated rings. The second kappa shape index (κ2) is 37.2. The maximum Gasteiger partial charge on any atom is 0.472 e. The minimum Gasteiger partial charge on any atom is -0.462 e. The van der Waals surface area contributed by atoms with Crippen LogP contribution in [0.4, 0.5) is 0 Å². The molecule has 0 aliphatic heterocycles. The first kappa shape index (κ1) is 52.6. The summed E-state index contributed by atoms with van der Waals surface area (Å²) in [6.07, 6.45) is 33.8. The highest BCUT2D eigenvalue weighted by molar-refractivity contribution is 7.47. The number of carbonyl (C=O) groups excluding carboxylic acids is 3. The molecule has 3 atom stereocenters. The minimum atomic E-state index is -4.68. The van der Waals surface area contributed by atoms with Crippen molar-refractivity contribution in [1.82, 2.24) is 0 Å². The molecule has 0 rings (SSSR count). The Labute approximate surface area is 332 Å². The second-order valence-corrected chi connectivity index (χ2v) is 16.0. The number of rotatable bonds is 38. The molecule has 318 valence electrons. The third-order valence-corrected chi connectivity index (χ3v) is 9.59. The highest BCUT2D eigenvalue weighted by Gasteiger charge is 2.27. The molecule has 1 unspecified atom stereocenters.